The number of rotatable bonds is 37. The second-order valence-corrected chi connectivity index (χ2v) is 17.0. The molecule has 1 fully saturated rings. The van der Waals surface area contributed by atoms with Crippen molar-refractivity contribution in [3.63, 3.8) is 0 Å². The van der Waals surface area contributed by atoms with E-state index in [-0.39, 0.29) is 6.42 Å². The van der Waals surface area contributed by atoms with Gasteiger partial charge >= 0.3 is 0 Å². The van der Waals surface area contributed by atoms with Crippen LogP contribution in [-0.2, 0) is 14.3 Å². The molecule has 1 amide bonds. The molecule has 1 aliphatic rings. The summed E-state index contributed by atoms with van der Waals surface area (Å²) in [4.78, 5) is 13.1. The Kier molecular flexibility index (Phi) is 32.2. The van der Waals surface area contributed by atoms with Crippen LogP contribution in [0.5, 0.6) is 0 Å². The number of carbonyl (C=O) groups excluding carboxylic acids is 1. The highest BCUT2D eigenvalue weighted by molar-refractivity contribution is 5.80. The molecule has 328 valence electrons. The molecule has 9 atom stereocenters. The van der Waals surface area contributed by atoms with Crippen LogP contribution in [0.2, 0.25) is 0 Å². The van der Waals surface area contributed by atoms with Crippen LogP contribution >= 0.6 is 0 Å². The highest BCUT2D eigenvalue weighted by Gasteiger charge is 2.44. The maximum atomic E-state index is 13.1. The molecule has 1 aliphatic heterocycles. The van der Waals surface area contributed by atoms with Gasteiger partial charge in [-0.05, 0) is 18.8 Å². The molecule has 0 aromatic heterocycles. The predicted molar refractivity (Wildman–Crippen MR) is 219 cm³/mol. The van der Waals surface area contributed by atoms with Gasteiger partial charge in [-0.2, -0.15) is 0 Å². The molecule has 0 aliphatic carbocycles. The van der Waals surface area contributed by atoms with Crippen molar-refractivity contribution < 1.29 is 50.0 Å². The van der Waals surface area contributed by atoms with Crippen LogP contribution in [-0.4, -0.2) is 110 Å². The van der Waals surface area contributed by atoms with Crippen molar-refractivity contribution in [1.82, 2.24) is 5.32 Å². The lowest BCUT2D eigenvalue weighted by molar-refractivity contribution is -0.303. The van der Waals surface area contributed by atoms with Gasteiger partial charge in [-0.1, -0.05) is 188 Å². The summed E-state index contributed by atoms with van der Waals surface area (Å²) in [6, 6.07) is -1.16. The lowest BCUT2D eigenvalue weighted by Gasteiger charge is -2.40. The Morgan fingerprint density at radius 1 is 0.600 bits per heavy atom. The topological polar surface area (TPSA) is 189 Å². The first-order valence-corrected chi connectivity index (χ1v) is 22.8. The Bertz CT molecular complexity index is 880. The van der Waals surface area contributed by atoms with Gasteiger partial charge in [0.05, 0.1) is 25.4 Å². The zero-order valence-electron chi connectivity index (χ0n) is 35.3. The standard InChI is InChI=1S/C44H87NO10/c1-4-5-6-7-8-9-10-11-12-13-14-15-16-17-18-21-25-28-31-37(48)43(53)45-35(33-54-44-42(52)41(51)40(50)38(32-46)55-44)39(49)36(47)30-27-24-22-19-20-23-26-29-34(2)3/h34-42,44,46-52H,4-33H2,1-3H3,(H,45,53)/t35?,36?,37?,38?,39?,40-,41?,42?,44-/m1/s1. The molecule has 0 aromatic rings. The molecule has 1 rings (SSSR count). The molecule has 55 heavy (non-hydrogen) atoms. The maximum Gasteiger partial charge on any atom is 0.249 e. The lowest BCUT2D eigenvalue weighted by Crippen LogP contribution is -2.60. The Balaban J connectivity index is 2.42. The summed E-state index contributed by atoms with van der Waals surface area (Å²) in [6.45, 7) is 5.69. The van der Waals surface area contributed by atoms with E-state index in [0.29, 0.717) is 19.3 Å². The van der Waals surface area contributed by atoms with Gasteiger partial charge in [-0.15, -0.1) is 0 Å². The van der Waals surface area contributed by atoms with Gasteiger partial charge in [-0.25, -0.2) is 0 Å². The van der Waals surface area contributed by atoms with Crippen molar-refractivity contribution in [2.24, 2.45) is 5.92 Å². The van der Waals surface area contributed by atoms with Gasteiger partial charge in [0, 0.05) is 0 Å². The number of hydrogen-bond donors (Lipinski definition) is 8. The zero-order valence-corrected chi connectivity index (χ0v) is 35.3. The zero-order chi connectivity index (χ0) is 40.7. The van der Waals surface area contributed by atoms with Crippen molar-refractivity contribution in [2.45, 2.75) is 256 Å². The highest BCUT2D eigenvalue weighted by atomic mass is 16.7. The molecule has 11 nitrogen and oxygen atoms in total. The third-order valence-electron chi connectivity index (χ3n) is 11.3. The minimum atomic E-state index is -1.66. The minimum Gasteiger partial charge on any atom is -0.394 e. The summed E-state index contributed by atoms with van der Waals surface area (Å²) >= 11 is 0. The van der Waals surface area contributed by atoms with E-state index in [2.05, 4.69) is 26.1 Å². The Morgan fingerprint density at radius 2 is 1.02 bits per heavy atom. The summed E-state index contributed by atoms with van der Waals surface area (Å²) in [5, 5.41) is 75.5. The van der Waals surface area contributed by atoms with Crippen molar-refractivity contribution in [3.05, 3.63) is 0 Å². The normalized spacial score (nSPS) is 22.5. The van der Waals surface area contributed by atoms with E-state index in [1.165, 1.54) is 116 Å². The second-order valence-electron chi connectivity index (χ2n) is 17.0. The number of carbonyl (C=O) groups is 1. The van der Waals surface area contributed by atoms with Crippen molar-refractivity contribution in [2.75, 3.05) is 13.2 Å². The van der Waals surface area contributed by atoms with E-state index < -0.39 is 74.2 Å². The predicted octanol–water partition coefficient (Wildman–Crippen LogP) is 6.97. The molecule has 11 heteroatoms. The van der Waals surface area contributed by atoms with E-state index in [4.69, 9.17) is 9.47 Å². The molecule has 7 unspecified atom stereocenters. The van der Waals surface area contributed by atoms with Crippen LogP contribution in [0.4, 0.5) is 0 Å². The lowest BCUT2D eigenvalue weighted by atomic mass is 9.98. The van der Waals surface area contributed by atoms with Gasteiger partial charge in [0.25, 0.3) is 0 Å². The number of amides is 1. The molecule has 0 saturated carbocycles. The molecule has 1 heterocycles. The van der Waals surface area contributed by atoms with Crippen LogP contribution in [0.25, 0.3) is 0 Å². The quantitative estimate of drug-likeness (QED) is 0.0306. The van der Waals surface area contributed by atoms with E-state index in [9.17, 15) is 40.5 Å². The van der Waals surface area contributed by atoms with E-state index in [1.54, 1.807) is 0 Å². The van der Waals surface area contributed by atoms with Gasteiger partial charge in [-0.3, -0.25) is 4.79 Å². The number of hydrogen-bond acceptors (Lipinski definition) is 10. The van der Waals surface area contributed by atoms with E-state index in [0.717, 1.165) is 44.4 Å². The van der Waals surface area contributed by atoms with Crippen LogP contribution in [0.3, 0.4) is 0 Å². The van der Waals surface area contributed by atoms with E-state index >= 15 is 0 Å². The van der Waals surface area contributed by atoms with Gasteiger partial charge in [0.2, 0.25) is 5.91 Å². The van der Waals surface area contributed by atoms with E-state index in [1.807, 2.05) is 0 Å². The van der Waals surface area contributed by atoms with Crippen LogP contribution in [0.1, 0.15) is 201 Å². The second kappa shape index (κ2) is 34.0. The fourth-order valence-corrected chi connectivity index (χ4v) is 7.51. The van der Waals surface area contributed by atoms with Gasteiger partial charge in [0.1, 0.15) is 36.6 Å². The van der Waals surface area contributed by atoms with Gasteiger partial charge in [0.15, 0.2) is 6.29 Å². The first-order valence-electron chi connectivity index (χ1n) is 22.8. The average Bonchev–Trinajstić information content (AvgIpc) is 3.17. The summed E-state index contributed by atoms with van der Waals surface area (Å²) in [6.07, 6.45) is 20.4. The van der Waals surface area contributed by atoms with Crippen LogP contribution in [0.15, 0.2) is 0 Å². The van der Waals surface area contributed by atoms with Crippen LogP contribution in [0, 0.1) is 5.92 Å². The Labute approximate surface area is 335 Å². The molecule has 0 bridgehead atoms. The largest absolute Gasteiger partial charge is 0.394 e. The molecule has 0 spiro atoms. The molecule has 0 aromatic carbocycles. The van der Waals surface area contributed by atoms with Crippen molar-refractivity contribution in [1.29, 1.82) is 0 Å². The summed E-state index contributed by atoms with van der Waals surface area (Å²) in [5.41, 5.74) is 0. The number of aliphatic hydroxyl groups is 7. The molecular formula is C44H87NO10. The van der Waals surface area contributed by atoms with Gasteiger partial charge < -0.3 is 50.5 Å². The summed E-state index contributed by atoms with van der Waals surface area (Å²) in [5.74, 6) is 0.0314. The summed E-state index contributed by atoms with van der Waals surface area (Å²) < 4.78 is 11.1. The SMILES string of the molecule is CCCCCCCCCCCCCCCCCCCCC(O)C(=O)NC(CO[C@@H]1OC(CO)[C@@H](O)C(O)C1O)C(O)C(O)CCCCCCCCCC(C)C. The number of aliphatic hydroxyl groups excluding tert-OH is 7. The number of ether oxygens (including phenoxy) is 2. The molecule has 0 radical (unpaired) electrons. The Hall–Kier alpha value is -0.890. The Morgan fingerprint density at radius 3 is 1.45 bits per heavy atom. The average molecular weight is 790 g/mol. The molecule has 8 N–H and O–H groups in total. The molecular weight excluding hydrogens is 702 g/mol. The van der Waals surface area contributed by atoms with Crippen molar-refractivity contribution in [3.8, 4) is 0 Å². The molecule has 1 saturated heterocycles. The first kappa shape index (κ1) is 52.1. The maximum absolute atomic E-state index is 13.1. The smallest absolute Gasteiger partial charge is 0.249 e. The summed E-state index contributed by atoms with van der Waals surface area (Å²) in [7, 11) is 0. The van der Waals surface area contributed by atoms with Crippen molar-refractivity contribution >= 4 is 5.91 Å². The highest BCUT2D eigenvalue weighted by Crippen LogP contribution is 2.23. The number of unbranched alkanes of at least 4 members (excludes halogenated alkanes) is 23. The third kappa shape index (κ3) is 25.3. The fraction of sp³-hybridized carbons (Fsp3) is 0.977. The minimum absolute atomic E-state index is 0.265. The van der Waals surface area contributed by atoms with Crippen LogP contribution < -0.4 is 5.32 Å². The monoisotopic (exact) mass is 790 g/mol. The third-order valence-corrected chi connectivity index (χ3v) is 11.3. The number of nitrogens with one attached hydrogen (secondary N) is 1. The first-order chi connectivity index (χ1) is 26.5. The fourth-order valence-electron chi connectivity index (χ4n) is 7.51.